The highest BCUT2D eigenvalue weighted by Crippen LogP contribution is 2.34. The first-order chi connectivity index (χ1) is 9.30. The summed E-state index contributed by atoms with van der Waals surface area (Å²) in [5, 5.41) is 0. The summed E-state index contributed by atoms with van der Waals surface area (Å²) in [6.45, 7) is 5.20. The van der Waals surface area contributed by atoms with E-state index in [9.17, 15) is 0 Å². The fraction of sp³-hybridized carbons (Fsp3) is 1.00. The van der Waals surface area contributed by atoms with Gasteiger partial charge in [-0.2, -0.15) is 0 Å². The summed E-state index contributed by atoms with van der Waals surface area (Å²) in [5.41, 5.74) is 3.01. The van der Waals surface area contributed by atoms with Crippen LogP contribution in [0.25, 0.3) is 0 Å². The van der Waals surface area contributed by atoms with Crippen molar-refractivity contribution >= 4 is 0 Å². The fourth-order valence-corrected chi connectivity index (χ4v) is 3.08. The van der Waals surface area contributed by atoms with E-state index in [0.717, 1.165) is 12.5 Å². The Bertz CT molecular complexity index is 205. The standard InChI is InChI=1S/C16H34N2O/c1-3-5-6-7-8-9-10-15(18-17)11-14-12-16(13-14)19-4-2/h14-16,18H,3-13,17H2,1-2H3. The Morgan fingerprint density at radius 1 is 1.11 bits per heavy atom. The maximum atomic E-state index is 5.67. The minimum absolute atomic E-state index is 0.513. The number of rotatable bonds is 12. The number of ether oxygens (including phenoxy) is 1. The second kappa shape index (κ2) is 10.6. The Kier molecular flexibility index (Phi) is 9.48. The minimum Gasteiger partial charge on any atom is -0.378 e. The van der Waals surface area contributed by atoms with Gasteiger partial charge in [-0.1, -0.05) is 45.4 Å². The number of nitrogens with two attached hydrogens (primary N) is 1. The van der Waals surface area contributed by atoms with E-state index in [1.807, 2.05) is 0 Å². The van der Waals surface area contributed by atoms with E-state index < -0.39 is 0 Å². The van der Waals surface area contributed by atoms with Gasteiger partial charge < -0.3 is 4.74 Å². The lowest BCUT2D eigenvalue weighted by atomic mass is 9.77. The molecule has 114 valence electrons. The summed E-state index contributed by atoms with van der Waals surface area (Å²) in [4.78, 5) is 0. The molecule has 0 aromatic heterocycles. The van der Waals surface area contributed by atoms with Crippen LogP contribution in [-0.2, 0) is 4.74 Å². The van der Waals surface area contributed by atoms with Gasteiger partial charge in [0.05, 0.1) is 6.10 Å². The van der Waals surface area contributed by atoms with Crippen molar-refractivity contribution < 1.29 is 4.74 Å². The van der Waals surface area contributed by atoms with E-state index in [1.165, 1.54) is 64.2 Å². The van der Waals surface area contributed by atoms with Gasteiger partial charge in [0, 0.05) is 12.6 Å². The number of hydrazine groups is 1. The molecule has 3 N–H and O–H groups in total. The highest BCUT2D eigenvalue weighted by Gasteiger charge is 2.30. The Morgan fingerprint density at radius 2 is 1.79 bits per heavy atom. The zero-order valence-corrected chi connectivity index (χ0v) is 13.0. The second-order valence-electron chi connectivity index (χ2n) is 6.07. The van der Waals surface area contributed by atoms with Gasteiger partial charge in [-0.3, -0.25) is 11.3 Å². The molecule has 1 rings (SSSR count). The van der Waals surface area contributed by atoms with E-state index in [2.05, 4.69) is 19.3 Å². The van der Waals surface area contributed by atoms with Gasteiger partial charge >= 0.3 is 0 Å². The summed E-state index contributed by atoms with van der Waals surface area (Å²) in [7, 11) is 0. The number of hydrogen-bond donors (Lipinski definition) is 2. The Labute approximate surface area is 119 Å². The predicted molar refractivity (Wildman–Crippen MR) is 81.9 cm³/mol. The van der Waals surface area contributed by atoms with Gasteiger partial charge in [-0.25, -0.2) is 0 Å². The third kappa shape index (κ3) is 7.28. The lowest BCUT2D eigenvalue weighted by Crippen LogP contribution is -2.41. The number of nitrogens with one attached hydrogen (secondary N) is 1. The van der Waals surface area contributed by atoms with Crippen molar-refractivity contribution in [1.29, 1.82) is 0 Å². The van der Waals surface area contributed by atoms with E-state index in [0.29, 0.717) is 12.1 Å². The maximum absolute atomic E-state index is 5.67. The van der Waals surface area contributed by atoms with E-state index >= 15 is 0 Å². The molecule has 1 aliphatic carbocycles. The molecule has 19 heavy (non-hydrogen) atoms. The normalized spacial score (nSPS) is 24.2. The molecule has 0 aromatic carbocycles. The number of hydrogen-bond acceptors (Lipinski definition) is 3. The molecule has 1 aliphatic rings. The molecule has 3 heteroatoms. The summed E-state index contributed by atoms with van der Waals surface area (Å²) in [6.07, 6.45) is 13.7. The van der Waals surface area contributed by atoms with Crippen LogP contribution < -0.4 is 11.3 Å². The van der Waals surface area contributed by atoms with Crippen molar-refractivity contribution in [3.05, 3.63) is 0 Å². The molecule has 0 aromatic rings. The molecule has 1 saturated carbocycles. The molecule has 0 heterocycles. The molecular weight excluding hydrogens is 236 g/mol. The topological polar surface area (TPSA) is 47.3 Å². The van der Waals surface area contributed by atoms with Crippen molar-refractivity contribution in [1.82, 2.24) is 5.43 Å². The summed E-state index contributed by atoms with van der Waals surface area (Å²) < 4.78 is 5.61. The second-order valence-corrected chi connectivity index (χ2v) is 6.07. The molecule has 0 amide bonds. The van der Waals surface area contributed by atoms with Gasteiger partial charge in [0.1, 0.15) is 0 Å². The third-order valence-corrected chi connectivity index (χ3v) is 4.35. The highest BCUT2D eigenvalue weighted by atomic mass is 16.5. The molecule has 0 radical (unpaired) electrons. The van der Waals surface area contributed by atoms with Crippen molar-refractivity contribution in [3.8, 4) is 0 Å². The van der Waals surface area contributed by atoms with Crippen LogP contribution in [0.1, 0.15) is 78.1 Å². The van der Waals surface area contributed by atoms with Crippen LogP contribution in [0.15, 0.2) is 0 Å². The first-order valence-corrected chi connectivity index (χ1v) is 8.37. The smallest absolute Gasteiger partial charge is 0.0580 e. The van der Waals surface area contributed by atoms with Crippen molar-refractivity contribution in [2.24, 2.45) is 11.8 Å². The van der Waals surface area contributed by atoms with Crippen molar-refractivity contribution in [3.63, 3.8) is 0 Å². The van der Waals surface area contributed by atoms with Crippen LogP contribution in [-0.4, -0.2) is 18.8 Å². The van der Waals surface area contributed by atoms with Crippen molar-refractivity contribution in [2.75, 3.05) is 6.61 Å². The van der Waals surface area contributed by atoms with Crippen LogP contribution >= 0.6 is 0 Å². The third-order valence-electron chi connectivity index (χ3n) is 4.35. The minimum atomic E-state index is 0.513. The van der Waals surface area contributed by atoms with E-state index in [-0.39, 0.29) is 0 Å². The SMILES string of the molecule is CCCCCCCCC(CC1CC(OCC)C1)NN. The van der Waals surface area contributed by atoms with Crippen molar-refractivity contribution in [2.45, 2.75) is 90.2 Å². The molecule has 1 fully saturated rings. The quantitative estimate of drug-likeness (QED) is 0.322. The van der Waals surface area contributed by atoms with Gasteiger partial charge in [0.15, 0.2) is 0 Å². The van der Waals surface area contributed by atoms with Crippen LogP contribution in [0.4, 0.5) is 0 Å². The first-order valence-electron chi connectivity index (χ1n) is 8.37. The van der Waals surface area contributed by atoms with E-state index in [4.69, 9.17) is 10.6 Å². The largest absolute Gasteiger partial charge is 0.378 e. The zero-order valence-electron chi connectivity index (χ0n) is 13.0. The Hall–Kier alpha value is -0.120. The molecule has 3 nitrogen and oxygen atoms in total. The molecule has 0 saturated heterocycles. The van der Waals surface area contributed by atoms with Crippen LogP contribution in [0, 0.1) is 5.92 Å². The molecular formula is C16H34N2O. The molecule has 0 bridgehead atoms. The maximum Gasteiger partial charge on any atom is 0.0580 e. The Balaban J connectivity index is 1.97. The predicted octanol–water partition coefficient (Wildman–Crippen LogP) is 3.77. The van der Waals surface area contributed by atoms with Gasteiger partial charge in [-0.05, 0) is 38.5 Å². The molecule has 1 unspecified atom stereocenters. The molecule has 1 atom stereocenters. The summed E-state index contributed by atoms with van der Waals surface area (Å²) in [5.74, 6) is 6.51. The lowest BCUT2D eigenvalue weighted by Gasteiger charge is -2.37. The monoisotopic (exact) mass is 270 g/mol. The van der Waals surface area contributed by atoms with Crippen LogP contribution in [0.3, 0.4) is 0 Å². The van der Waals surface area contributed by atoms with Gasteiger partial charge in [0.25, 0.3) is 0 Å². The average molecular weight is 270 g/mol. The summed E-state index contributed by atoms with van der Waals surface area (Å²) in [6, 6.07) is 0.513. The summed E-state index contributed by atoms with van der Waals surface area (Å²) >= 11 is 0. The highest BCUT2D eigenvalue weighted by molar-refractivity contribution is 4.83. The Morgan fingerprint density at radius 3 is 2.42 bits per heavy atom. The van der Waals surface area contributed by atoms with Gasteiger partial charge in [0.2, 0.25) is 0 Å². The number of unbranched alkanes of at least 4 members (excludes halogenated alkanes) is 5. The first kappa shape index (κ1) is 16.9. The molecule has 0 spiro atoms. The lowest BCUT2D eigenvalue weighted by molar-refractivity contribution is -0.0293. The zero-order chi connectivity index (χ0) is 13.9. The van der Waals surface area contributed by atoms with Crippen LogP contribution in [0.5, 0.6) is 0 Å². The molecule has 0 aliphatic heterocycles. The van der Waals surface area contributed by atoms with Gasteiger partial charge in [-0.15, -0.1) is 0 Å². The fourth-order valence-electron chi connectivity index (χ4n) is 3.08. The van der Waals surface area contributed by atoms with E-state index in [1.54, 1.807) is 0 Å². The van der Waals surface area contributed by atoms with Crippen LogP contribution in [0.2, 0.25) is 0 Å². The average Bonchev–Trinajstić information content (AvgIpc) is 2.38.